The third-order valence-electron chi connectivity index (χ3n) is 15.4. The van der Waals surface area contributed by atoms with Crippen LogP contribution in [-0.4, -0.2) is 79.9 Å². The first-order chi connectivity index (χ1) is 27.3. The van der Waals surface area contributed by atoms with E-state index in [9.17, 15) is 15.3 Å². The number of rotatable bonds is 18. The molecule has 11 atom stereocenters. The largest absolute Gasteiger partial charge is 0.394 e. The topological polar surface area (TPSA) is 97.6 Å². The second kappa shape index (κ2) is 18.5. The molecule has 4 aliphatic rings. The average molecular weight is 769 g/mol. The van der Waals surface area contributed by atoms with Crippen LogP contribution in [0.15, 0.2) is 91.0 Å². The predicted molar refractivity (Wildman–Crippen MR) is 220 cm³/mol. The number of ether oxygens (including phenoxy) is 4. The van der Waals surface area contributed by atoms with Crippen LogP contribution in [0.1, 0.15) is 95.2 Å². The van der Waals surface area contributed by atoms with Crippen LogP contribution < -0.4 is 0 Å². The molecule has 306 valence electrons. The molecule has 0 spiro atoms. The molecule has 0 saturated heterocycles. The highest BCUT2D eigenvalue weighted by molar-refractivity contribution is 5.47. The van der Waals surface area contributed by atoms with Crippen LogP contribution in [0.25, 0.3) is 0 Å². The first-order valence-corrected chi connectivity index (χ1v) is 21.8. The summed E-state index contributed by atoms with van der Waals surface area (Å²) in [5.41, 5.74) is 2.76. The summed E-state index contributed by atoms with van der Waals surface area (Å²) in [6, 6.07) is 32.0. The summed E-state index contributed by atoms with van der Waals surface area (Å²) in [6.45, 7) is 9.37. The third kappa shape index (κ3) is 7.91. The van der Waals surface area contributed by atoms with Crippen molar-refractivity contribution in [2.75, 3.05) is 46.2 Å². The fourth-order valence-electron chi connectivity index (χ4n) is 12.9. The summed E-state index contributed by atoms with van der Waals surface area (Å²) >= 11 is 0. The second-order valence-electron chi connectivity index (χ2n) is 18.0. The highest BCUT2D eigenvalue weighted by atomic mass is 16.5. The lowest BCUT2D eigenvalue weighted by atomic mass is 9.43. The van der Waals surface area contributed by atoms with E-state index in [-0.39, 0.29) is 49.0 Å². The van der Waals surface area contributed by atoms with Gasteiger partial charge in [0.1, 0.15) is 5.60 Å². The van der Waals surface area contributed by atoms with E-state index in [1.165, 1.54) is 0 Å². The summed E-state index contributed by atoms with van der Waals surface area (Å²) in [5, 5.41) is 29.4. The van der Waals surface area contributed by atoms with Gasteiger partial charge < -0.3 is 34.3 Å². The molecule has 4 saturated carbocycles. The van der Waals surface area contributed by atoms with E-state index in [1.54, 1.807) is 0 Å². The number of fused-ring (bicyclic) bond motifs is 5. The lowest BCUT2D eigenvalue weighted by Crippen LogP contribution is -2.63. The van der Waals surface area contributed by atoms with Crippen LogP contribution in [0, 0.1) is 46.3 Å². The van der Waals surface area contributed by atoms with E-state index in [4.69, 9.17) is 18.9 Å². The van der Waals surface area contributed by atoms with E-state index in [2.05, 4.69) is 112 Å². The Kier molecular flexibility index (Phi) is 13.7. The minimum absolute atomic E-state index is 0.0287. The van der Waals surface area contributed by atoms with Crippen molar-refractivity contribution >= 4 is 0 Å². The first-order valence-electron chi connectivity index (χ1n) is 21.8. The normalized spacial score (nSPS) is 33.3. The Hall–Kier alpha value is -2.62. The van der Waals surface area contributed by atoms with Crippen molar-refractivity contribution in [2.45, 2.75) is 102 Å². The van der Waals surface area contributed by atoms with E-state index < -0.39 is 5.60 Å². The minimum Gasteiger partial charge on any atom is -0.394 e. The lowest BCUT2D eigenvalue weighted by molar-refractivity contribution is -0.229. The Morgan fingerprint density at radius 1 is 0.661 bits per heavy atom. The molecule has 7 rings (SSSR count). The molecule has 0 amide bonds. The molecule has 0 bridgehead atoms. The Morgan fingerprint density at radius 2 is 1.23 bits per heavy atom. The Balaban J connectivity index is 1.12. The summed E-state index contributed by atoms with van der Waals surface area (Å²) in [6.07, 6.45) is 9.74. The van der Waals surface area contributed by atoms with Crippen LogP contribution in [0.5, 0.6) is 0 Å². The summed E-state index contributed by atoms with van der Waals surface area (Å²) in [7, 11) is 0. The number of benzene rings is 3. The van der Waals surface area contributed by atoms with E-state index in [1.807, 2.05) is 0 Å². The highest BCUT2D eigenvalue weighted by Crippen LogP contribution is 2.69. The maximum Gasteiger partial charge on any atom is 0.143 e. The van der Waals surface area contributed by atoms with Crippen LogP contribution in [-0.2, 0) is 24.5 Å². The maximum absolute atomic E-state index is 10.0. The monoisotopic (exact) mass is 768 g/mol. The molecule has 4 aliphatic carbocycles. The highest BCUT2D eigenvalue weighted by Gasteiger charge is 2.66. The van der Waals surface area contributed by atoms with Gasteiger partial charge in [0.2, 0.25) is 0 Å². The zero-order valence-corrected chi connectivity index (χ0v) is 34.1. The number of aliphatic hydroxyl groups excluding tert-OH is 3. The van der Waals surface area contributed by atoms with Crippen molar-refractivity contribution in [3.05, 3.63) is 108 Å². The fraction of sp³-hybridized carbons (Fsp3) is 0.633. The molecule has 56 heavy (non-hydrogen) atoms. The molecule has 4 fully saturated rings. The Morgan fingerprint density at radius 3 is 1.82 bits per heavy atom. The Bertz CT molecular complexity index is 1520. The summed E-state index contributed by atoms with van der Waals surface area (Å²) < 4.78 is 26.8. The van der Waals surface area contributed by atoms with Gasteiger partial charge in [0.15, 0.2) is 0 Å². The molecule has 0 heterocycles. The minimum atomic E-state index is -0.721. The molecule has 7 heteroatoms. The van der Waals surface area contributed by atoms with Crippen molar-refractivity contribution in [1.82, 2.24) is 0 Å². The van der Waals surface area contributed by atoms with Gasteiger partial charge in [0, 0.05) is 12.0 Å². The van der Waals surface area contributed by atoms with Gasteiger partial charge >= 0.3 is 0 Å². The van der Waals surface area contributed by atoms with Crippen LogP contribution >= 0.6 is 0 Å². The van der Waals surface area contributed by atoms with Crippen LogP contribution in [0.4, 0.5) is 0 Å². The van der Waals surface area contributed by atoms with Crippen molar-refractivity contribution in [2.24, 2.45) is 46.3 Å². The molecular weight excluding hydrogens is 701 g/mol. The van der Waals surface area contributed by atoms with E-state index in [0.29, 0.717) is 61.9 Å². The molecule has 7 nitrogen and oxygen atoms in total. The Labute approximate surface area is 336 Å². The number of hydrogen-bond acceptors (Lipinski definition) is 7. The molecule has 0 aliphatic heterocycles. The van der Waals surface area contributed by atoms with Gasteiger partial charge in [-0.2, -0.15) is 0 Å². The van der Waals surface area contributed by atoms with Crippen molar-refractivity contribution in [1.29, 1.82) is 0 Å². The zero-order valence-electron chi connectivity index (χ0n) is 34.1. The van der Waals surface area contributed by atoms with Gasteiger partial charge in [-0.3, -0.25) is 0 Å². The molecule has 0 aromatic heterocycles. The van der Waals surface area contributed by atoms with Crippen molar-refractivity contribution in [3.8, 4) is 0 Å². The molecule has 3 N–H and O–H groups in total. The maximum atomic E-state index is 10.0. The molecular formula is C49H68O7. The molecule has 3 aromatic carbocycles. The van der Waals surface area contributed by atoms with E-state index in [0.717, 1.165) is 74.5 Å². The van der Waals surface area contributed by atoms with Gasteiger partial charge in [0.25, 0.3) is 0 Å². The second-order valence-corrected chi connectivity index (χ2v) is 18.0. The quantitative estimate of drug-likeness (QED) is 0.0884. The van der Waals surface area contributed by atoms with Crippen molar-refractivity contribution < 1.29 is 34.3 Å². The van der Waals surface area contributed by atoms with Gasteiger partial charge in [-0.25, -0.2) is 0 Å². The van der Waals surface area contributed by atoms with Crippen LogP contribution in [0.3, 0.4) is 0 Å². The smallest absolute Gasteiger partial charge is 0.143 e. The van der Waals surface area contributed by atoms with Gasteiger partial charge in [-0.1, -0.05) is 112 Å². The molecule has 11 unspecified atom stereocenters. The molecule has 0 radical (unpaired) electrons. The fourth-order valence-corrected chi connectivity index (χ4v) is 12.9. The molecule has 3 aromatic rings. The van der Waals surface area contributed by atoms with E-state index >= 15 is 0 Å². The van der Waals surface area contributed by atoms with Gasteiger partial charge in [0.05, 0.1) is 58.0 Å². The van der Waals surface area contributed by atoms with Gasteiger partial charge in [-0.05, 0) is 115 Å². The number of hydrogen-bond donors (Lipinski definition) is 3. The van der Waals surface area contributed by atoms with Gasteiger partial charge in [-0.15, -0.1) is 0 Å². The number of aliphatic hydroxyl groups is 3. The lowest BCUT2D eigenvalue weighted by Gasteiger charge is -2.64. The summed E-state index contributed by atoms with van der Waals surface area (Å²) in [4.78, 5) is 0. The average Bonchev–Trinajstić information content (AvgIpc) is 3.60. The van der Waals surface area contributed by atoms with Crippen LogP contribution in [0.2, 0.25) is 0 Å². The third-order valence-corrected chi connectivity index (χ3v) is 15.4. The first kappa shape index (κ1) is 41.5. The standard InChI is InChI=1S/C49H68O7/c1-35(14-13-28-56-49(36-15-7-4-8-16-36,37-17-9-5-10-18-37)38-19-11-6-12-20-38)41-21-22-42-46-43(34-45(48(41,42)3)55-31-27-52)47(2)24-23-40(53-29-25-50)32-39(47)33-44(46)54-30-26-51/h4-12,15-20,35,39-46,50-52H,13-14,21-34H2,1-3H3. The SMILES string of the molecule is CC(CCCOC(c1ccccc1)(c1ccccc1)c1ccccc1)C1CCC2C3C(OCCO)CC4CC(OCCO)CCC4(C)C3CC(OCCO)C12C. The zero-order chi connectivity index (χ0) is 39.2. The predicted octanol–water partition coefficient (Wildman–Crippen LogP) is 8.42. The van der Waals surface area contributed by atoms with Crippen molar-refractivity contribution in [3.63, 3.8) is 0 Å². The summed E-state index contributed by atoms with van der Waals surface area (Å²) in [5.74, 6) is 2.69.